The van der Waals surface area contributed by atoms with E-state index in [1.807, 2.05) is 107 Å². The summed E-state index contributed by atoms with van der Waals surface area (Å²) in [5.74, 6) is 3.59. The van der Waals surface area contributed by atoms with Gasteiger partial charge in [0.1, 0.15) is 61.3 Å². The lowest BCUT2D eigenvalue weighted by atomic mass is 9.80. The Hall–Kier alpha value is -4.84. The Labute approximate surface area is 373 Å². The Kier molecular flexibility index (Phi) is 17.3. The molecule has 1 aliphatic rings. The molecule has 3 aromatic carbocycles. The van der Waals surface area contributed by atoms with Gasteiger partial charge in [-0.15, -0.1) is 12.3 Å². The van der Waals surface area contributed by atoms with Crippen molar-refractivity contribution in [2.24, 2.45) is 0 Å². The van der Waals surface area contributed by atoms with Gasteiger partial charge >= 0.3 is 11.7 Å². The van der Waals surface area contributed by atoms with Crippen LogP contribution in [0.3, 0.4) is 0 Å². The lowest BCUT2D eigenvalue weighted by Crippen LogP contribution is -2.44. The number of esters is 1. The minimum Gasteiger partial charge on any atom is -0.497 e. The molecule has 4 aromatic rings. The normalized spacial score (nSPS) is 18.4. The molecule has 1 aliphatic heterocycles. The number of nitrogens with zero attached hydrogens (tertiary/aromatic N) is 3. The molecule has 0 amide bonds. The summed E-state index contributed by atoms with van der Waals surface area (Å²) >= 11 is 0. The van der Waals surface area contributed by atoms with Gasteiger partial charge in [0.05, 0.1) is 34.0 Å². The summed E-state index contributed by atoms with van der Waals surface area (Å²) in [5.41, 5.74) is 6.36. The molecule has 2 unspecified atom stereocenters. The average Bonchev–Trinajstić information content (AvgIpc) is 3.58. The van der Waals surface area contributed by atoms with Gasteiger partial charge in [-0.3, -0.25) is 14.0 Å². The van der Waals surface area contributed by atoms with Gasteiger partial charge in [-0.2, -0.15) is 4.98 Å². The summed E-state index contributed by atoms with van der Waals surface area (Å²) in [6.45, 7) is 13.8. The summed E-state index contributed by atoms with van der Waals surface area (Å²) in [5, 5.41) is 0. The number of nitrogen functional groups attached to an aromatic ring is 1. The van der Waals surface area contributed by atoms with E-state index in [0.29, 0.717) is 17.1 Å². The molecule has 0 bridgehead atoms. The number of carbonyl (C=O) groups excluding carboxylic acids is 1. The van der Waals surface area contributed by atoms with Crippen molar-refractivity contribution in [3.8, 4) is 23.8 Å². The Balaban J connectivity index is 1.70. The summed E-state index contributed by atoms with van der Waals surface area (Å²) in [4.78, 5) is 31.7. The minimum absolute atomic E-state index is 0.0502. The first-order chi connectivity index (χ1) is 30.1. The van der Waals surface area contributed by atoms with Crippen LogP contribution in [0.2, 0.25) is 0 Å². The second-order valence-corrected chi connectivity index (χ2v) is 18.2. The average molecular weight is 887 g/mol. The van der Waals surface area contributed by atoms with Crippen molar-refractivity contribution < 1.29 is 42.5 Å². The first kappa shape index (κ1) is 49.2. The highest BCUT2D eigenvalue weighted by molar-refractivity contribution is 7.51. The van der Waals surface area contributed by atoms with Crippen molar-refractivity contribution in [1.82, 2.24) is 14.2 Å². The summed E-state index contributed by atoms with van der Waals surface area (Å²) in [6.07, 6.45) is 3.58. The van der Waals surface area contributed by atoms with E-state index in [4.69, 9.17) is 49.8 Å². The second kappa shape index (κ2) is 22.2. The second-order valence-electron chi connectivity index (χ2n) is 16.5. The van der Waals surface area contributed by atoms with Gasteiger partial charge in [0.15, 0.2) is 6.23 Å². The summed E-state index contributed by atoms with van der Waals surface area (Å²) in [6, 6.07) is 25.2. The molecule has 5 rings (SSSR count). The number of benzene rings is 3. The van der Waals surface area contributed by atoms with Crippen molar-refractivity contribution in [2.75, 3.05) is 53.0 Å². The lowest BCUT2D eigenvalue weighted by Gasteiger charge is -2.40. The number of hydrogen-bond donors (Lipinski definition) is 1. The van der Waals surface area contributed by atoms with Crippen molar-refractivity contribution >= 4 is 20.1 Å². The zero-order valence-corrected chi connectivity index (χ0v) is 39.0. The molecule has 5 atom stereocenters. The Bertz CT molecular complexity index is 2120. The van der Waals surface area contributed by atoms with Gasteiger partial charge in [-0.05, 0) is 89.4 Å². The van der Waals surface area contributed by atoms with E-state index in [1.165, 1.54) is 4.57 Å². The molecule has 14 nitrogen and oxygen atoms in total. The molecule has 340 valence electrons. The number of rotatable bonds is 22. The third-order valence-electron chi connectivity index (χ3n) is 10.7. The maximum atomic E-state index is 13.9. The number of aromatic nitrogens is 2. The predicted octanol–water partition coefficient (Wildman–Crippen LogP) is 7.25. The maximum absolute atomic E-state index is 13.9. The zero-order valence-electron chi connectivity index (χ0n) is 38.1. The fourth-order valence-corrected chi connectivity index (χ4v) is 10.0. The topological polar surface area (TPSA) is 155 Å². The Morgan fingerprint density at radius 3 is 2.00 bits per heavy atom. The SMILES string of the molecule is C#CCC(C)(C)OC(=O)CP(O[C@@H]1C(OCCOC)[C@H](n2cc(C)c(N)nc2=O)O[C@@H]1COC(c1ccccc1)(c1ccc(OC)cc1)c1ccc(OC)cc1)N(C(C)C)C(C)C. The quantitative estimate of drug-likeness (QED) is 0.0277. The van der Waals surface area contributed by atoms with Crippen LogP contribution in [-0.4, -0.2) is 103 Å². The van der Waals surface area contributed by atoms with Crippen LogP contribution < -0.4 is 20.9 Å². The monoisotopic (exact) mass is 886 g/mol. The molecule has 0 spiro atoms. The fourth-order valence-electron chi connectivity index (χ4n) is 7.84. The fraction of sp³-hybridized carbons (Fsp3) is 0.479. The van der Waals surface area contributed by atoms with Crippen LogP contribution in [-0.2, 0) is 38.6 Å². The van der Waals surface area contributed by atoms with E-state index in [1.54, 1.807) is 48.3 Å². The largest absolute Gasteiger partial charge is 0.497 e. The number of carbonyl (C=O) groups is 1. The molecular formula is C48H63N4O10P. The number of methoxy groups -OCH3 is 3. The smallest absolute Gasteiger partial charge is 0.351 e. The number of ether oxygens (including phenoxy) is 7. The number of hydrogen-bond acceptors (Lipinski definition) is 13. The molecule has 15 heteroatoms. The Morgan fingerprint density at radius 1 is 0.905 bits per heavy atom. The first-order valence-electron chi connectivity index (χ1n) is 21.1. The molecular weight excluding hydrogens is 824 g/mol. The standard InChI is InChI=1S/C48H63N4O10P/c1-12-26-47(7,8)61-41(53)31-63(52(32(2)3)33(4)5)62-42-40(60-45(43(42)58-28-27-55-9)51-29-34(6)44(49)50-46(51)54)30-59-48(35-16-14-13-15-17-35,36-18-22-38(56-10)23-19-36)37-20-24-39(57-11)25-21-37/h1,13-25,29,32-33,40,42-43,45H,26-28,30-31H2,2-11H3,(H2,49,50,54)/t40-,42+,43?,45-,63?/m1/s1. The van der Waals surface area contributed by atoms with E-state index in [2.05, 4.69) is 15.6 Å². The van der Waals surface area contributed by atoms with Gasteiger partial charge in [0.2, 0.25) is 0 Å². The number of terminal acetylenes is 1. The number of aryl methyl sites for hydroxylation is 1. The van der Waals surface area contributed by atoms with Gasteiger partial charge in [-0.1, -0.05) is 54.6 Å². The molecule has 2 N–H and O–H groups in total. The van der Waals surface area contributed by atoms with Gasteiger partial charge in [0.25, 0.3) is 0 Å². The minimum atomic E-state index is -1.77. The van der Waals surface area contributed by atoms with E-state index >= 15 is 0 Å². The van der Waals surface area contributed by atoms with E-state index in [0.717, 1.165) is 16.7 Å². The van der Waals surface area contributed by atoms with E-state index in [9.17, 15) is 9.59 Å². The summed E-state index contributed by atoms with van der Waals surface area (Å²) < 4.78 is 54.3. The number of nitrogens with two attached hydrogens (primary N) is 1. The molecule has 0 radical (unpaired) electrons. The maximum Gasteiger partial charge on any atom is 0.351 e. The third-order valence-corrected chi connectivity index (χ3v) is 13.2. The van der Waals surface area contributed by atoms with Crippen LogP contribution >= 0.6 is 8.30 Å². The molecule has 0 saturated carbocycles. The van der Waals surface area contributed by atoms with Crippen LogP contribution in [0.1, 0.15) is 76.4 Å². The molecule has 63 heavy (non-hydrogen) atoms. The van der Waals surface area contributed by atoms with Gasteiger partial charge < -0.3 is 43.4 Å². The van der Waals surface area contributed by atoms with Crippen molar-refractivity contribution in [3.63, 3.8) is 0 Å². The number of anilines is 1. The van der Waals surface area contributed by atoms with Crippen molar-refractivity contribution in [2.45, 2.75) is 103 Å². The molecule has 0 aliphatic carbocycles. The van der Waals surface area contributed by atoms with Gasteiger partial charge in [-0.25, -0.2) is 4.79 Å². The lowest BCUT2D eigenvalue weighted by molar-refractivity contribution is -0.152. The zero-order chi connectivity index (χ0) is 45.9. The first-order valence-corrected chi connectivity index (χ1v) is 22.5. The van der Waals surface area contributed by atoms with Crippen LogP contribution in [0.25, 0.3) is 0 Å². The predicted molar refractivity (Wildman–Crippen MR) is 244 cm³/mol. The van der Waals surface area contributed by atoms with Crippen LogP contribution in [0.4, 0.5) is 5.82 Å². The van der Waals surface area contributed by atoms with Gasteiger partial charge in [0, 0.05) is 37.4 Å². The molecule has 1 fully saturated rings. The van der Waals surface area contributed by atoms with Crippen LogP contribution in [0, 0.1) is 19.3 Å². The van der Waals surface area contributed by atoms with E-state index in [-0.39, 0.29) is 50.3 Å². The Morgan fingerprint density at radius 2 is 1.48 bits per heavy atom. The van der Waals surface area contributed by atoms with Crippen LogP contribution in [0.15, 0.2) is 89.9 Å². The van der Waals surface area contributed by atoms with E-state index < -0.39 is 55.7 Å². The molecule has 1 aromatic heterocycles. The molecule has 2 heterocycles. The highest BCUT2D eigenvalue weighted by atomic mass is 31.2. The molecule has 1 saturated heterocycles. The highest BCUT2D eigenvalue weighted by Gasteiger charge is 2.51. The van der Waals surface area contributed by atoms with Crippen molar-refractivity contribution in [1.29, 1.82) is 0 Å². The summed E-state index contributed by atoms with van der Waals surface area (Å²) in [7, 11) is 3.05. The highest BCUT2D eigenvalue weighted by Crippen LogP contribution is 2.51. The van der Waals surface area contributed by atoms with Crippen LogP contribution in [0.5, 0.6) is 11.5 Å². The third kappa shape index (κ3) is 11.8. The van der Waals surface area contributed by atoms with Crippen molar-refractivity contribution in [3.05, 3.63) is 118 Å².